The molecule has 3 aromatic heterocycles. The van der Waals surface area contributed by atoms with Gasteiger partial charge in [-0.3, -0.25) is 9.78 Å². The van der Waals surface area contributed by atoms with Crippen LogP contribution in [0.15, 0.2) is 55.1 Å². The van der Waals surface area contributed by atoms with E-state index in [1.807, 2.05) is 24.7 Å². The molecule has 1 fully saturated rings. The number of benzene rings is 1. The zero-order chi connectivity index (χ0) is 21.1. The molecule has 1 atom stereocenters. The third-order valence-corrected chi connectivity index (χ3v) is 6.87. The van der Waals surface area contributed by atoms with Crippen LogP contribution in [0.25, 0.3) is 33.3 Å². The quantitative estimate of drug-likeness (QED) is 0.495. The number of fused-ring (bicyclic) bond motifs is 2. The number of amides is 1. The summed E-state index contributed by atoms with van der Waals surface area (Å²) in [4.78, 5) is 27.3. The zero-order valence-electron chi connectivity index (χ0n) is 17.7. The van der Waals surface area contributed by atoms with E-state index < -0.39 is 0 Å². The Kier molecular flexibility index (Phi) is 4.00. The minimum atomic E-state index is 0.191. The maximum atomic E-state index is 13.1. The van der Waals surface area contributed by atoms with Gasteiger partial charge in [-0.05, 0) is 67.5 Å². The van der Waals surface area contributed by atoms with Crippen molar-refractivity contribution in [2.75, 3.05) is 0 Å². The molecule has 0 spiro atoms. The highest BCUT2D eigenvalue weighted by Gasteiger charge is 2.39. The largest absolute Gasteiger partial charge is 0.346 e. The Morgan fingerprint density at radius 3 is 2.77 bits per heavy atom. The predicted molar refractivity (Wildman–Crippen MR) is 122 cm³/mol. The van der Waals surface area contributed by atoms with E-state index in [1.165, 1.54) is 12.8 Å². The number of aromatic amines is 1. The van der Waals surface area contributed by atoms with Gasteiger partial charge in [0.25, 0.3) is 5.91 Å². The Balaban J connectivity index is 1.41. The molecule has 6 rings (SSSR count). The highest BCUT2D eigenvalue weighted by Crippen LogP contribution is 2.40. The Bertz CT molecular complexity index is 1320. The summed E-state index contributed by atoms with van der Waals surface area (Å²) >= 11 is 0. The molecular weight excluding hydrogens is 384 g/mol. The van der Waals surface area contributed by atoms with Crippen LogP contribution in [0.1, 0.15) is 41.3 Å². The van der Waals surface area contributed by atoms with Crippen molar-refractivity contribution in [1.82, 2.24) is 19.9 Å². The summed E-state index contributed by atoms with van der Waals surface area (Å²) in [6, 6.07) is 10.8. The molecule has 0 bridgehead atoms. The van der Waals surface area contributed by atoms with Crippen LogP contribution in [0.4, 0.5) is 0 Å². The maximum absolute atomic E-state index is 13.1. The number of aryl methyl sites for hydroxylation is 1. The number of aromatic nitrogens is 3. The third kappa shape index (κ3) is 2.95. The SMILES string of the molecule is Cc1cc(-c2cnc3[nH]cc(-c4cccnc4)c3c2)cc2c1C(=O)N(C(C)C1CC1)C2. The number of carbonyl (C=O) groups excluding carboxylic acids is 1. The lowest BCUT2D eigenvalue weighted by Gasteiger charge is -2.24. The topological polar surface area (TPSA) is 61.9 Å². The van der Waals surface area contributed by atoms with Gasteiger partial charge >= 0.3 is 0 Å². The number of nitrogens with one attached hydrogen (secondary N) is 1. The third-order valence-electron chi connectivity index (χ3n) is 6.87. The molecule has 0 saturated heterocycles. The number of nitrogens with zero attached hydrogens (tertiary/aromatic N) is 3. The van der Waals surface area contributed by atoms with E-state index in [4.69, 9.17) is 0 Å². The van der Waals surface area contributed by atoms with Crippen molar-refractivity contribution in [3.8, 4) is 22.3 Å². The first-order valence-electron chi connectivity index (χ1n) is 10.9. The maximum Gasteiger partial charge on any atom is 0.255 e. The average molecular weight is 409 g/mol. The van der Waals surface area contributed by atoms with Crippen molar-refractivity contribution in [2.24, 2.45) is 5.92 Å². The first-order valence-corrected chi connectivity index (χ1v) is 10.9. The fourth-order valence-electron chi connectivity index (χ4n) is 4.94. The van der Waals surface area contributed by atoms with Gasteiger partial charge in [-0.2, -0.15) is 0 Å². The Morgan fingerprint density at radius 1 is 1.13 bits per heavy atom. The lowest BCUT2D eigenvalue weighted by Crippen LogP contribution is -2.34. The summed E-state index contributed by atoms with van der Waals surface area (Å²) in [5.74, 6) is 0.862. The van der Waals surface area contributed by atoms with Crippen LogP contribution in [-0.2, 0) is 6.54 Å². The molecule has 5 heteroatoms. The monoisotopic (exact) mass is 408 g/mol. The smallest absolute Gasteiger partial charge is 0.255 e. The van der Waals surface area contributed by atoms with Gasteiger partial charge in [0.1, 0.15) is 5.65 Å². The Hall–Kier alpha value is -3.47. The molecule has 31 heavy (non-hydrogen) atoms. The summed E-state index contributed by atoms with van der Waals surface area (Å²) in [7, 11) is 0. The fraction of sp³-hybridized carbons (Fsp3) is 0.269. The number of carbonyl (C=O) groups is 1. The molecule has 1 amide bonds. The second-order valence-corrected chi connectivity index (χ2v) is 8.90. The first kappa shape index (κ1) is 18.3. The van der Waals surface area contributed by atoms with Gasteiger partial charge in [0.2, 0.25) is 0 Å². The highest BCUT2D eigenvalue weighted by molar-refractivity contribution is 6.01. The van der Waals surface area contributed by atoms with Gasteiger partial charge in [-0.15, -0.1) is 0 Å². The molecule has 1 aliphatic carbocycles. The Morgan fingerprint density at radius 2 is 2.00 bits per heavy atom. The van der Waals surface area contributed by atoms with Crippen molar-refractivity contribution in [3.63, 3.8) is 0 Å². The van der Waals surface area contributed by atoms with Crippen LogP contribution < -0.4 is 0 Å². The normalized spacial score (nSPS) is 16.7. The molecule has 1 aromatic carbocycles. The Labute approximate surface area is 181 Å². The van der Waals surface area contributed by atoms with E-state index in [-0.39, 0.29) is 5.91 Å². The minimum Gasteiger partial charge on any atom is -0.346 e. The second kappa shape index (κ2) is 6.77. The molecule has 4 aromatic rings. The molecule has 2 aliphatic rings. The van der Waals surface area contributed by atoms with Crippen LogP contribution in [0.2, 0.25) is 0 Å². The van der Waals surface area contributed by atoms with Crippen molar-refractivity contribution in [1.29, 1.82) is 0 Å². The van der Waals surface area contributed by atoms with E-state index in [0.717, 1.165) is 50.0 Å². The molecule has 154 valence electrons. The minimum absolute atomic E-state index is 0.191. The van der Waals surface area contributed by atoms with Gasteiger partial charge in [-0.1, -0.05) is 12.1 Å². The number of H-pyrrole nitrogens is 1. The van der Waals surface area contributed by atoms with Crippen molar-refractivity contribution < 1.29 is 4.79 Å². The average Bonchev–Trinajstić information content (AvgIpc) is 3.47. The molecule has 1 N–H and O–H groups in total. The van der Waals surface area contributed by atoms with Gasteiger partial charge in [0.05, 0.1) is 0 Å². The predicted octanol–water partition coefficient (Wildman–Crippen LogP) is 5.35. The van der Waals surface area contributed by atoms with Crippen LogP contribution >= 0.6 is 0 Å². The number of hydrogen-bond acceptors (Lipinski definition) is 3. The molecule has 1 aliphatic heterocycles. The van der Waals surface area contributed by atoms with E-state index in [2.05, 4.69) is 58.0 Å². The van der Waals surface area contributed by atoms with Crippen molar-refractivity contribution >= 4 is 16.9 Å². The number of hydrogen-bond donors (Lipinski definition) is 1. The summed E-state index contributed by atoms with van der Waals surface area (Å²) in [5.41, 5.74) is 8.26. The zero-order valence-corrected chi connectivity index (χ0v) is 17.7. The van der Waals surface area contributed by atoms with E-state index in [0.29, 0.717) is 18.5 Å². The van der Waals surface area contributed by atoms with Gasteiger partial charge in [0.15, 0.2) is 0 Å². The number of pyridine rings is 2. The lowest BCUT2D eigenvalue weighted by atomic mass is 9.96. The van der Waals surface area contributed by atoms with Crippen LogP contribution in [-0.4, -0.2) is 31.8 Å². The van der Waals surface area contributed by atoms with Gasteiger partial charge in [0, 0.05) is 65.0 Å². The van der Waals surface area contributed by atoms with Gasteiger partial charge < -0.3 is 9.88 Å². The molecule has 4 heterocycles. The summed E-state index contributed by atoms with van der Waals surface area (Å²) in [6.07, 6.45) is 10.0. The molecular formula is C26H24N4O. The summed E-state index contributed by atoms with van der Waals surface area (Å²) in [5, 5.41) is 1.07. The second-order valence-electron chi connectivity index (χ2n) is 8.90. The van der Waals surface area contributed by atoms with Crippen molar-refractivity contribution in [3.05, 3.63) is 71.8 Å². The van der Waals surface area contributed by atoms with E-state index in [1.54, 1.807) is 6.20 Å². The standard InChI is InChI=1S/C26H24N4O/c1-15-8-19(9-21-14-30(26(31)24(15)21)16(2)17-5-6-17)20-10-22-23(13-29-25(22)28-12-20)18-4-3-7-27-11-18/h3-4,7-13,16-17H,5-6,14H2,1-2H3,(H,28,29). The number of rotatable bonds is 4. The van der Waals surface area contributed by atoms with Crippen molar-refractivity contribution in [2.45, 2.75) is 39.3 Å². The van der Waals surface area contributed by atoms with E-state index >= 15 is 0 Å². The van der Waals surface area contributed by atoms with E-state index in [9.17, 15) is 4.79 Å². The fourth-order valence-corrected chi connectivity index (χ4v) is 4.94. The highest BCUT2D eigenvalue weighted by atomic mass is 16.2. The van der Waals surface area contributed by atoms with Crippen LogP contribution in [0.5, 0.6) is 0 Å². The summed E-state index contributed by atoms with van der Waals surface area (Å²) in [6.45, 7) is 4.96. The van der Waals surface area contributed by atoms with Crippen LogP contribution in [0, 0.1) is 12.8 Å². The molecule has 1 saturated carbocycles. The molecule has 1 unspecified atom stereocenters. The molecule has 0 radical (unpaired) electrons. The summed E-state index contributed by atoms with van der Waals surface area (Å²) < 4.78 is 0. The lowest BCUT2D eigenvalue weighted by molar-refractivity contribution is 0.0697. The first-order chi connectivity index (χ1) is 15.1. The van der Waals surface area contributed by atoms with Crippen LogP contribution in [0.3, 0.4) is 0 Å². The molecule has 5 nitrogen and oxygen atoms in total. The van der Waals surface area contributed by atoms with Gasteiger partial charge in [-0.25, -0.2) is 4.98 Å².